The van der Waals surface area contributed by atoms with E-state index in [0.717, 1.165) is 0 Å². The molecule has 0 amide bonds. The van der Waals surface area contributed by atoms with Crippen molar-refractivity contribution in [1.29, 1.82) is 5.26 Å². The van der Waals surface area contributed by atoms with E-state index < -0.39 is 0 Å². The average Bonchev–Trinajstić information content (AvgIpc) is 2.54. The van der Waals surface area contributed by atoms with Gasteiger partial charge in [-0.05, 0) is 62.4 Å². The number of rotatable bonds is 6. The Morgan fingerprint density at radius 2 is 1.68 bits per heavy atom. The Kier molecular flexibility index (Phi) is 5.16. The van der Waals surface area contributed by atoms with Crippen LogP contribution in [0.15, 0.2) is 48.5 Å². The van der Waals surface area contributed by atoms with Crippen molar-refractivity contribution < 1.29 is 14.3 Å². The van der Waals surface area contributed by atoms with Crippen molar-refractivity contribution in [2.75, 3.05) is 6.61 Å². The summed E-state index contributed by atoms with van der Waals surface area (Å²) in [7, 11) is 0. The minimum absolute atomic E-state index is 0.0315. The summed E-state index contributed by atoms with van der Waals surface area (Å²) < 4.78 is 11.3. The van der Waals surface area contributed by atoms with Crippen molar-refractivity contribution in [2.24, 2.45) is 0 Å². The van der Waals surface area contributed by atoms with E-state index in [2.05, 4.69) is 6.07 Å². The van der Waals surface area contributed by atoms with Crippen LogP contribution in [0, 0.1) is 11.3 Å². The van der Waals surface area contributed by atoms with Crippen LogP contribution < -0.4 is 9.47 Å². The van der Waals surface area contributed by atoms with E-state index in [1.165, 1.54) is 6.92 Å². The molecule has 0 radical (unpaired) electrons. The van der Waals surface area contributed by atoms with Gasteiger partial charge in [0.05, 0.1) is 11.6 Å². The molecule has 0 spiro atoms. The Hall–Kier alpha value is -2.80. The van der Waals surface area contributed by atoms with Crippen LogP contribution in [0.5, 0.6) is 11.5 Å². The standard InChI is InChI=1S/C18H17NO3/c1-13(22-18-7-3-15(11-19)4-8-18)12-21-17-9-5-16(6-10-17)14(2)20/h3-10,13H,12H2,1-2H3/t13-/m1/s1. The molecule has 4 heteroatoms. The Morgan fingerprint density at radius 3 is 2.23 bits per heavy atom. The van der Waals surface area contributed by atoms with Crippen molar-refractivity contribution in [3.05, 3.63) is 59.7 Å². The Morgan fingerprint density at radius 1 is 1.09 bits per heavy atom. The molecule has 112 valence electrons. The molecule has 2 aromatic rings. The lowest BCUT2D eigenvalue weighted by molar-refractivity contribution is 0.101. The molecule has 0 bridgehead atoms. The number of ether oxygens (including phenoxy) is 2. The van der Waals surface area contributed by atoms with Crippen LogP contribution in [0.2, 0.25) is 0 Å². The van der Waals surface area contributed by atoms with E-state index in [1.807, 2.05) is 6.92 Å². The van der Waals surface area contributed by atoms with Gasteiger partial charge in [-0.2, -0.15) is 5.26 Å². The minimum Gasteiger partial charge on any atom is -0.490 e. The van der Waals surface area contributed by atoms with Crippen LogP contribution in [0.25, 0.3) is 0 Å². The van der Waals surface area contributed by atoms with E-state index in [-0.39, 0.29) is 11.9 Å². The highest BCUT2D eigenvalue weighted by atomic mass is 16.5. The molecule has 0 unspecified atom stereocenters. The molecule has 0 saturated carbocycles. The Labute approximate surface area is 129 Å². The summed E-state index contributed by atoms with van der Waals surface area (Å²) >= 11 is 0. The number of ketones is 1. The normalized spacial score (nSPS) is 11.3. The molecule has 0 saturated heterocycles. The predicted molar refractivity (Wildman–Crippen MR) is 83.2 cm³/mol. The fraction of sp³-hybridized carbons (Fsp3) is 0.222. The second-order valence-corrected chi connectivity index (χ2v) is 4.96. The highest BCUT2D eigenvalue weighted by Gasteiger charge is 2.06. The molecule has 1 atom stereocenters. The minimum atomic E-state index is -0.139. The molecular weight excluding hydrogens is 278 g/mol. The summed E-state index contributed by atoms with van der Waals surface area (Å²) in [5.41, 5.74) is 1.26. The van der Waals surface area contributed by atoms with Gasteiger partial charge in [0.25, 0.3) is 0 Å². The van der Waals surface area contributed by atoms with Crippen molar-refractivity contribution in [3.8, 4) is 17.6 Å². The summed E-state index contributed by atoms with van der Waals surface area (Å²) in [6, 6.07) is 16.0. The lowest BCUT2D eigenvalue weighted by Gasteiger charge is -2.15. The van der Waals surface area contributed by atoms with Crippen molar-refractivity contribution in [2.45, 2.75) is 20.0 Å². The number of carbonyl (C=O) groups excluding carboxylic acids is 1. The topological polar surface area (TPSA) is 59.3 Å². The van der Waals surface area contributed by atoms with E-state index in [9.17, 15) is 4.79 Å². The van der Waals surface area contributed by atoms with E-state index >= 15 is 0 Å². The van der Waals surface area contributed by atoms with Gasteiger partial charge in [-0.25, -0.2) is 0 Å². The third-order valence-corrected chi connectivity index (χ3v) is 3.07. The monoisotopic (exact) mass is 295 g/mol. The maximum Gasteiger partial charge on any atom is 0.159 e. The van der Waals surface area contributed by atoms with Gasteiger partial charge < -0.3 is 9.47 Å². The zero-order valence-electron chi connectivity index (χ0n) is 12.6. The van der Waals surface area contributed by atoms with E-state index in [1.54, 1.807) is 48.5 Å². The largest absolute Gasteiger partial charge is 0.490 e. The highest BCUT2D eigenvalue weighted by molar-refractivity contribution is 5.94. The summed E-state index contributed by atoms with van der Waals surface area (Å²) in [5.74, 6) is 1.42. The SMILES string of the molecule is CC(=O)c1ccc(OC[C@@H](C)Oc2ccc(C#N)cc2)cc1. The first-order valence-electron chi connectivity index (χ1n) is 6.99. The lowest BCUT2D eigenvalue weighted by Crippen LogP contribution is -2.21. The number of benzene rings is 2. The molecular formula is C18H17NO3. The first-order valence-corrected chi connectivity index (χ1v) is 6.99. The Balaban J connectivity index is 1.85. The molecule has 0 fully saturated rings. The van der Waals surface area contributed by atoms with Gasteiger partial charge in [0, 0.05) is 5.56 Å². The van der Waals surface area contributed by atoms with Gasteiger partial charge in [-0.3, -0.25) is 4.79 Å². The van der Waals surface area contributed by atoms with Crippen LogP contribution in [0.3, 0.4) is 0 Å². The number of hydrogen-bond acceptors (Lipinski definition) is 4. The molecule has 0 aliphatic carbocycles. The van der Waals surface area contributed by atoms with Gasteiger partial charge in [0.2, 0.25) is 0 Å². The van der Waals surface area contributed by atoms with Crippen molar-refractivity contribution >= 4 is 5.78 Å². The fourth-order valence-electron chi connectivity index (χ4n) is 1.87. The van der Waals surface area contributed by atoms with Gasteiger partial charge >= 0.3 is 0 Å². The molecule has 22 heavy (non-hydrogen) atoms. The molecule has 2 rings (SSSR count). The first-order chi connectivity index (χ1) is 10.6. The Bertz CT molecular complexity index is 669. The average molecular weight is 295 g/mol. The number of carbonyl (C=O) groups is 1. The van der Waals surface area contributed by atoms with Gasteiger partial charge in [-0.15, -0.1) is 0 Å². The second kappa shape index (κ2) is 7.28. The van der Waals surface area contributed by atoms with Crippen LogP contribution in [-0.4, -0.2) is 18.5 Å². The van der Waals surface area contributed by atoms with Gasteiger partial charge in [0.15, 0.2) is 5.78 Å². The van der Waals surface area contributed by atoms with Gasteiger partial charge in [0.1, 0.15) is 24.2 Å². The number of hydrogen-bond donors (Lipinski definition) is 0. The first kappa shape index (κ1) is 15.6. The molecule has 0 N–H and O–H groups in total. The van der Waals surface area contributed by atoms with E-state index in [0.29, 0.717) is 29.2 Å². The molecule has 4 nitrogen and oxygen atoms in total. The molecule has 0 heterocycles. The third kappa shape index (κ3) is 4.35. The quantitative estimate of drug-likeness (QED) is 0.764. The maximum absolute atomic E-state index is 11.2. The van der Waals surface area contributed by atoms with Crippen molar-refractivity contribution in [3.63, 3.8) is 0 Å². The van der Waals surface area contributed by atoms with E-state index in [4.69, 9.17) is 14.7 Å². The lowest BCUT2D eigenvalue weighted by atomic mass is 10.1. The van der Waals surface area contributed by atoms with Crippen LogP contribution >= 0.6 is 0 Å². The predicted octanol–water partition coefficient (Wildman–Crippen LogP) is 3.61. The number of Topliss-reactive ketones (excluding diaryl/α,β-unsaturated/α-hetero) is 1. The summed E-state index contributed by atoms with van der Waals surface area (Å²) in [6.07, 6.45) is -0.139. The smallest absolute Gasteiger partial charge is 0.159 e. The maximum atomic E-state index is 11.2. The zero-order chi connectivity index (χ0) is 15.9. The second-order valence-electron chi connectivity index (χ2n) is 4.96. The number of nitriles is 1. The summed E-state index contributed by atoms with van der Waals surface area (Å²) in [5, 5.41) is 8.74. The zero-order valence-corrected chi connectivity index (χ0v) is 12.6. The molecule has 0 aliphatic rings. The van der Waals surface area contributed by atoms with Crippen molar-refractivity contribution in [1.82, 2.24) is 0 Å². The third-order valence-electron chi connectivity index (χ3n) is 3.07. The molecule has 0 aromatic heterocycles. The van der Waals surface area contributed by atoms with Gasteiger partial charge in [-0.1, -0.05) is 0 Å². The van der Waals surface area contributed by atoms with Crippen LogP contribution in [-0.2, 0) is 0 Å². The van der Waals surface area contributed by atoms with Crippen LogP contribution in [0.4, 0.5) is 0 Å². The molecule has 2 aromatic carbocycles. The molecule has 0 aliphatic heterocycles. The summed E-state index contributed by atoms with van der Waals surface area (Å²) in [4.78, 5) is 11.2. The van der Waals surface area contributed by atoms with Crippen LogP contribution in [0.1, 0.15) is 29.8 Å². The fourth-order valence-corrected chi connectivity index (χ4v) is 1.87. The highest BCUT2D eigenvalue weighted by Crippen LogP contribution is 2.16. The number of nitrogens with zero attached hydrogens (tertiary/aromatic N) is 1. The summed E-state index contributed by atoms with van der Waals surface area (Å²) in [6.45, 7) is 3.82.